The molecular formula is C36H50O8. The molecule has 1 aromatic carbocycles. The van der Waals surface area contributed by atoms with Crippen LogP contribution in [0.4, 0.5) is 0 Å². The molecule has 44 heavy (non-hydrogen) atoms. The van der Waals surface area contributed by atoms with Gasteiger partial charge in [-0.3, -0.25) is 9.59 Å². The van der Waals surface area contributed by atoms with Crippen LogP contribution in [-0.4, -0.2) is 84.3 Å². The van der Waals surface area contributed by atoms with Crippen molar-refractivity contribution in [3.05, 3.63) is 47.5 Å². The van der Waals surface area contributed by atoms with E-state index in [2.05, 4.69) is 6.58 Å². The summed E-state index contributed by atoms with van der Waals surface area (Å²) in [5.41, 5.74) is 3.01. The monoisotopic (exact) mass is 610 g/mol. The molecule has 0 aliphatic carbocycles. The Morgan fingerprint density at radius 2 is 1.57 bits per heavy atom. The summed E-state index contributed by atoms with van der Waals surface area (Å²) in [5.74, 6) is 0.330. The Balaban J connectivity index is 0.915. The number of rotatable bonds is 11. The van der Waals surface area contributed by atoms with Crippen molar-refractivity contribution in [2.45, 2.75) is 152 Å². The van der Waals surface area contributed by atoms with Gasteiger partial charge in [-0.1, -0.05) is 36.4 Å². The average Bonchev–Trinajstić information content (AvgIpc) is 3.72. The normalized spacial score (nSPS) is 39.0. The number of hydrogen-bond donors (Lipinski definition) is 1. The molecule has 6 rings (SSSR count). The summed E-state index contributed by atoms with van der Waals surface area (Å²) < 4.78 is 31.0. The fraction of sp³-hybridized carbons (Fsp3) is 0.722. The van der Waals surface area contributed by atoms with Gasteiger partial charge in [0.1, 0.15) is 11.9 Å². The fourth-order valence-corrected chi connectivity index (χ4v) is 7.94. The number of benzene rings is 1. The topological polar surface area (TPSA) is 101 Å². The highest BCUT2D eigenvalue weighted by atomic mass is 16.6. The zero-order chi connectivity index (χ0) is 30.8. The maximum Gasteiger partial charge on any atom is 0.165 e. The lowest BCUT2D eigenvalue weighted by Gasteiger charge is -2.45. The van der Waals surface area contributed by atoms with Crippen LogP contribution in [-0.2, 0) is 28.5 Å². The van der Waals surface area contributed by atoms with Gasteiger partial charge in [0.05, 0.1) is 61.5 Å². The Kier molecular flexibility index (Phi) is 10.4. The molecular weight excluding hydrogens is 560 g/mol. The van der Waals surface area contributed by atoms with Gasteiger partial charge < -0.3 is 28.8 Å². The Morgan fingerprint density at radius 1 is 0.818 bits per heavy atom. The number of aryl methyl sites for hydroxylation is 1. The van der Waals surface area contributed by atoms with E-state index in [4.69, 9.17) is 23.7 Å². The van der Waals surface area contributed by atoms with Crippen LogP contribution in [0.3, 0.4) is 0 Å². The van der Waals surface area contributed by atoms with Crippen LogP contribution in [0.1, 0.15) is 99.9 Å². The zero-order valence-corrected chi connectivity index (χ0v) is 26.4. The molecule has 5 heterocycles. The van der Waals surface area contributed by atoms with Crippen LogP contribution >= 0.6 is 0 Å². The maximum absolute atomic E-state index is 13.1. The van der Waals surface area contributed by atoms with Gasteiger partial charge in [0.2, 0.25) is 0 Å². The molecule has 8 nitrogen and oxygen atoms in total. The Hall–Kier alpha value is -1.94. The summed E-state index contributed by atoms with van der Waals surface area (Å²) in [6.45, 7) is 8.71. The first kappa shape index (κ1) is 32.0. The van der Waals surface area contributed by atoms with E-state index in [1.165, 1.54) is 5.57 Å². The largest absolute Gasteiger partial charge is 0.390 e. The second-order valence-electron chi connectivity index (χ2n) is 14.1. The number of hydrogen-bond acceptors (Lipinski definition) is 8. The van der Waals surface area contributed by atoms with E-state index in [1.807, 2.05) is 38.1 Å². The van der Waals surface area contributed by atoms with Gasteiger partial charge in [-0.2, -0.15) is 0 Å². The highest BCUT2D eigenvalue weighted by Crippen LogP contribution is 2.38. The molecule has 8 heteroatoms. The van der Waals surface area contributed by atoms with Crippen molar-refractivity contribution in [1.82, 2.24) is 0 Å². The van der Waals surface area contributed by atoms with Gasteiger partial charge >= 0.3 is 0 Å². The first-order chi connectivity index (χ1) is 21.2. The minimum Gasteiger partial charge on any atom is -0.390 e. The minimum absolute atomic E-state index is 0.000919. The molecule has 5 aliphatic rings. The number of carbonyl (C=O) groups excluding carboxylic acids is 2. The number of aliphatic hydroxyl groups is 1. The average molecular weight is 611 g/mol. The van der Waals surface area contributed by atoms with Gasteiger partial charge in [0.15, 0.2) is 5.78 Å². The molecule has 0 amide bonds. The van der Waals surface area contributed by atoms with Gasteiger partial charge in [-0.05, 0) is 76.7 Å². The van der Waals surface area contributed by atoms with E-state index in [-0.39, 0.29) is 66.3 Å². The van der Waals surface area contributed by atoms with Gasteiger partial charge in [-0.15, -0.1) is 0 Å². The zero-order valence-electron chi connectivity index (χ0n) is 26.4. The van der Waals surface area contributed by atoms with Crippen molar-refractivity contribution in [1.29, 1.82) is 0 Å². The van der Waals surface area contributed by atoms with E-state index in [1.54, 1.807) is 0 Å². The SMILES string of the molecule is C=C1CO[C@@H](CCC2CCC(C3CC(O)C4O[C@@H](CC(=O)CC5C[C@@H](CC(=O)c6ccc(C)cc6)O[C@H]5C)CCC4O3)O2)C1. The summed E-state index contributed by atoms with van der Waals surface area (Å²) in [5, 5.41) is 11.1. The van der Waals surface area contributed by atoms with E-state index in [0.717, 1.165) is 50.5 Å². The van der Waals surface area contributed by atoms with Crippen molar-refractivity contribution in [2.75, 3.05) is 6.61 Å². The Bertz CT molecular complexity index is 1170. The number of carbonyl (C=O) groups is 2. The molecule has 5 fully saturated rings. The van der Waals surface area contributed by atoms with Crippen LogP contribution in [0, 0.1) is 12.8 Å². The Morgan fingerprint density at radius 3 is 2.34 bits per heavy atom. The molecule has 5 aliphatic heterocycles. The third-order valence-corrected chi connectivity index (χ3v) is 10.5. The molecule has 1 aromatic rings. The maximum atomic E-state index is 13.1. The van der Waals surface area contributed by atoms with E-state index in [0.29, 0.717) is 44.3 Å². The van der Waals surface area contributed by atoms with Gasteiger partial charge in [-0.25, -0.2) is 0 Å². The Labute approximate surface area is 261 Å². The molecule has 0 bridgehead atoms. The lowest BCUT2D eigenvalue weighted by atomic mass is 9.87. The lowest BCUT2D eigenvalue weighted by Crippen LogP contribution is -2.56. The van der Waals surface area contributed by atoms with Crippen LogP contribution in [0.15, 0.2) is 36.4 Å². The number of aliphatic hydroxyl groups excluding tert-OH is 1. The first-order valence-electron chi connectivity index (χ1n) is 16.9. The third-order valence-electron chi connectivity index (χ3n) is 10.5. The van der Waals surface area contributed by atoms with Crippen molar-refractivity contribution < 1.29 is 38.4 Å². The summed E-state index contributed by atoms with van der Waals surface area (Å²) in [4.78, 5) is 25.9. The van der Waals surface area contributed by atoms with Crippen LogP contribution in [0.2, 0.25) is 0 Å². The van der Waals surface area contributed by atoms with E-state index >= 15 is 0 Å². The number of ketones is 2. The van der Waals surface area contributed by atoms with Crippen LogP contribution in [0.25, 0.3) is 0 Å². The molecule has 1 N–H and O–H groups in total. The molecule has 5 saturated heterocycles. The number of Topliss-reactive ketones (excluding diaryl/α,β-unsaturated/α-hetero) is 2. The van der Waals surface area contributed by atoms with Gasteiger partial charge in [0, 0.05) is 31.2 Å². The molecule has 0 aromatic heterocycles. The smallest absolute Gasteiger partial charge is 0.165 e. The minimum atomic E-state index is -0.632. The van der Waals surface area contributed by atoms with Crippen molar-refractivity contribution in [2.24, 2.45) is 5.92 Å². The predicted octanol–water partition coefficient (Wildman–Crippen LogP) is 5.45. The molecule has 0 radical (unpaired) electrons. The molecule has 0 spiro atoms. The van der Waals surface area contributed by atoms with Crippen molar-refractivity contribution in [3.8, 4) is 0 Å². The number of ether oxygens (including phenoxy) is 5. The van der Waals surface area contributed by atoms with Crippen LogP contribution in [0.5, 0.6) is 0 Å². The molecule has 7 unspecified atom stereocenters. The predicted molar refractivity (Wildman–Crippen MR) is 165 cm³/mol. The molecule has 242 valence electrons. The summed E-state index contributed by atoms with van der Waals surface area (Å²) in [6.07, 6.45) is 7.38. The quantitative estimate of drug-likeness (QED) is 0.261. The van der Waals surface area contributed by atoms with E-state index < -0.39 is 12.2 Å². The summed E-state index contributed by atoms with van der Waals surface area (Å²) in [7, 11) is 0. The van der Waals surface area contributed by atoms with E-state index in [9.17, 15) is 14.7 Å². The standard InChI is InChI=1S/C36H50O8/c1-21-4-6-24(7-5-21)31(38)18-30-16-25(23(3)41-30)15-26(37)17-29-11-13-34-36(43-29)32(39)19-35(44-34)33-12-10-27(42-33)8-9-28-14-22(2)20-40-28/h4-7,23,25,27-30,32-36,39H,2,8-20H2,1,3H3/t23-,25?,27?,28-,29+,30-,32?,33?,34?,35?,36?/m0/s1. The summed E-state index contributed by atoms with van der Waals surface area (Å²) >= 11 is 0. The van der Waals surface area contributed by atoms with Crippen molar-refractivity contribution >= 4 is 11.6 Å². The first-order valence-corrected chi connectivity index (χ1v) is 16.9. The van der Waals surface area contributed by atoms with Crippen molar-refractivity contribution in [3.63, 3.8) is 0 Å². The highest BCUT2D eigenvalue weighted by molar-refractivity contribution is 5.96. The summed E-state index contributed by atoms with van der Waals surface area (Å²) in [6, 6.07) is 7.63. The number of fused-ring (bicyclic) bond motifs is 1. The molecule has 11 atom stereocenters. The third kappa shape index (κ3) is 7.88. The lowest BCUT2D eigenvalue weighted by molar-refractivity contribution is -0.243. The second kappa shape index (κ2) is 14.2. The van der Waals surface area contributed by atoms with Gasteiger partial charge in [0.25, 0.3) is 0 Å². The molecule has 0 saturated carbocycles. The highest BCUT2D eigenvalue weighted by Gasteiger charge is 2.47. The second-order valence-corrected chi connectivity index (χ2v) is 14.1. The van der Waals surface area contributed by atoms with Crippen LogP contribution < -0.4 is 0 Å². The fourth-order valence-electron chi connectivity index (χ4n) is 7.94.